The monoisotopic (exact) mass is 300 g/mol. The fourth-order valence-electron chi connectivity index (χ4n) is 2.25. The summed E-state index contributed by atoms with van der Waals surface area (Å²) < 4.78 is 3.29. The number of hydrogen-bond donors (Lipinski definition) is 1. The zero-order valence-corrected chi connectivity index (χ0v) is 11.8. The van der Waals surface area contributed by atoms with Gasteiger partial charge in [-0.25, -0.2) is 4.98 Å². The second kappa shape index (κ2) is 4.23. The van der Waals surface area contributed by atoms with E-state index in [2.05, 4.69) is 21.5 Å². The number of phenolic OH excluding ortho intramolecular Hbond substituents is 1. The topological polar surface area (TPSA) is 37.5 Å². The van der Waals surface area contributed by atoms with Gasteiger partial charge in [-0.1, -0.05) is 35.1 Å². The Bertz CT molecular complexity index is 942. The number of halogens is 1. The molecular weight excluding hydrogens is 292 g/mol. The summed E-state index contributed by atoms with van der Waals surface area (Å²) in [6.45, 7) is 0. The summed E-state index contributed by atoms with van der Waals surface area (Å²) in [5, 5.41) is 9.81. The Morgan fingerprint density at radius 1 is 1.15 bits per heavy atom. The van der Waals surface area contributed by atoms with E-state index in [1.165, 1.54) is 4.70 Å². The second-order valence-electron chi connectivity index (χ2n) is 4.51. The molecule has 0 atom stereocenters. The molecule has 1 N–H and O–H groups in total. The number of benzene rings is 2. The van der Waals surface area contributed by atoms with Crippen molar-refractivity contribution in [1.29, 1.82) is 0 Å². The summed E-state index contributed by atoms with van der Waals surface area (Å²) in [6, 6.07) is 13.3. The predicted molar refractivity (Wildman–Crippen MR) is 82.7 cm³/mol. The Kier molecular flexibility index (Phi) is 2.49. The number of fused-ring (bicyclic) bond motifs is 3. The molecular formula is C15H9ClN2OS. The van der Waals surface area contributed by atoms with Gasteiger partial charge in [-0.15, -0.1) is 0 Å². The lowest BCUT2D eigenvalue weighted by Crippen LogP contribution is -1.78. The molecule has 0 saturated carbocycles. The van der Waals surface area contributed by atoms with E-state index in [-0.39, 0.29) is 5.75 Å². The van der Waals surface area contributed by atoms with E-state index in [0.717, 1.165) is 21.7 Å². The SMILES string of the molecule is Oc1ccc(-c2cn3c(n2)sc2ccccc23)cc1Cl. The van der Waals surface area contributed by atoms with Crippen molar-refractivity contribution in [3.63, 3.8) is 0 Å². The first-order chi connectivity index (χ1) is 9.72. The van der Waals surface area contributed by atoms with Gasteiger partial charge >= 0.3 is 0 Å². The van der Waals surface area contributed by atoms with E-state index in [9.17, 15) is 5.11 Å². The van der Waals surface area contributed by atoms with Gasteiger partial charge in [0.25, 0.3) is 0 Å². The van der Waals surface area contributed by atoms with Crippen molar-refractivity contribution in [2.75, 3.05) is 0 Å². The average molecular weight is 301 g/mol. The van der Waals surface area contributed by atoms with Crippen LogP contribution in [0.1, 0.15) is 0 Å². The van der Waals surface area contributed by atoms with Gasteiger partial charge in [0, 0.05) is 11.8 Å². The summed E-state index contributed by atoms with van der Waals surface area (Å²) in [7, 11) is 0. The molecule has 0 unspecified atom stereocenters. The standard InChI is InChI=1S/C15H9ClN2OS/c16-10-7-9(5-6-13(10)19)11-8-18-12-3-1-2-4-14(12)20-15(18)17-11/h1-8,19H. The third-order valence-corrected chi connectivity index (χ3v) is 4.58. The molecule has 0 aliphatic heterocycles. The Morgan fingerprint density at radius 3 is 2.85 bits per heavy atom. The molecule has 0 bridgehead atoms. The molecule has 2 aromatic carbocycles. The Labute approximate surface area is 123 Å². The Morgan fingerprint density at radius 2 is 2.00 bits per heavy atom. The number of rotatable bonds is 1. The minimum Gasteiger partial charge on any atom is -0.506 e. The summed E-state index contributed by atoms with van der Waals surface area (Å²) in [5.74, 6) is 0.0851. The van der Waals surface area contributed by atoms with Crippen molar-refractivity contribution in [2.45, 2.75) is 0 Å². The van der Waals surface area contributed by atoms with E-state index in [1.807, 2.05) is 24.4 Å². The van der Waals surface area contributed by atoms with Crippen LogP contribution in [0.25, 0.3) is 26.4 Å². The first-order valence-electron chi connectivity index (χ1n) is 6.08. The van der Waals surface area contributed by atoms with Gasteiger partial charge < -0.3 is 5.11 Å². The molecule has 0 saturated heterocycles. The van der Waals surface area contributed by atoms with Crippen LogP contribution >= 0.6 is 22.9 Å². The van der Waals surface area contributed by atoms with Gasteiger partial charge in [0.2, 0.25) is 0 Å². The molecule has 4 rings (SSSR count). The van der Waals surface area contributed by atoms with Crippen molar-refractivity contribution >= 4 is 38.1 Å². The number of aromatic hydroxyl groups is 1. The molecule has 5 heteroatoms. The molecule has 0 radical (unpaired) electrons. The number of imidazole rings is 1. The van der Waals surface area contributed by atoms with Gasteiger partial charge in [0.05, 0.1) is 20.9 Å². The van der Waals surface area contributed by atoms with Crippen molar-refractivity contribution in [3.8, 4) is 17.0 Å². The van der Waals surface area contributed by atoms with Crippen molar-refractivity contribution < 1.29 is 5.11 Å². The molecule has 20 heavy (non-hydrogen) atoms. The maximum absolute atomic E-state index is 9.48. The third kappa shape index (κ3) is 1.69. The Balaban J connectivity index is 1.94. The summed E-state index contributed by atoms with van der Waals surface area (Å²) in [5.41, 5.74) is 2.90. The average Bonchev–Trinajstić information content (AvgIpc) is 2.99. The van der Waals surface area contributed by atoms with Crippen LogP contribution in [0.4, 0.5) is 0 Å². The van der Waals surface area contributed by atoms with Gasteiger partial charge in [-0.05, 0) is 30.3 Å². The number of thiazole rings is 1. The fourth-order valence-corrected chi connectivity index (χ4v) is 3.44. The first-order valence-corrected chi connectivity index (χ1v) is 7.27. The maximum Gasteiger partial charge on any atom is 0.195 e. The number of nitrogens with zero attached hydrogens (tertiary/aromatic N) is 2. The highest BCUT2D eigenvalue weighted by Crippen LogP contribution is 2.32. The highest BCUT2D eigenvalue weighted by molar-refractivity contribution is 7.23. The smallest absolute Gasteiger partial charge is 0.195 e. The zero-order valence-electron chi connectivity index (χ0n) is 10.2. The molecule has 2 heterocycles. The first kappa shape index (κ1) is 11.8. The number of aromatic nitrogens is 2. The van der Waals surface area contributed by atoms with E-state index in [1.54, 1.807) is 23.5 Å². The third-order valence-electron chi connectivity index (χ3n) is 3.24. The van der Waals surface area contributed by atoms with Crippen molar-refractivity contribution in [1.82, 2.24) is 9.38 Å². The van der Waals surface area contributed by atoms with Crippen LogP contribution in [0.2, 0.25) is 5.02 Å². The zero-order chi connectivity index (χ0) is 13.7. The van der Waals surface area contributed by atoms with Gasteiger partial charge in [0.15, 0.2) is 4.96 Å². The largest absolute Gasteiger partial charge is 0.506 e. The molecule has 0 spiro atoms. The maximum atomic E-state index is 9.48. The van der Waals surface area contributed by atoms with Gasteiger partial charge in [0.1, 0.15) is 5.75 Å². The van der Waals surface area contributed by atoms with Gasteiger partial charge in [-0.3, -0.25) is 4.40 Å². The van der Waals surface area contributed by atoms with E-state index < -0.39 is 0 Å². The van der Waals surface area contributed by atoms with E-state index >= 15 is 0 Å². The summed E-state index contributed by atoms with van der Waals surface area (Å²) in [6.07, 6.45) is 2.00. The van der Waals surface area contributed by atoms with Crippen molar-refractivity contribution in [2.24, 2.45) is 0 Å². The number of hydrogen-bond acceptors (Lipinski definition) is 3. The molecule has 4 aromatic rings. The predicted octanol–water partition coefficient (Wildman–Crippen LogP) is 4.58. The van der Waals surface area contributed by atoms with Crippen LogP contribution in [0.3, 0.4) is 0 Å². The number of para-hydroxylation sites is 1. The Hall–Kier alpha value is -2.04. The lowest BCUT2D eigenvalue weighted by atomic mass is 10.1. The van der Waals surface area contributed by atoms with Crippen LogP contribution < -0.4 is 0 Å². The molecule has 0 fully saturated rings. The lowest BCUT2D eigenvalue weighted by molar-refractivity contribution is 0.475. The molecule has 0 amide bonds. The molecule has 3 nitrogen and oxygen atoms in total. The molecule has 2 aromatic heterocycles. The van der Waals surface area contributed by atoms with Crippen molar-refractivity contribution in [3.05, 3.63) is 53.7 Å². The normalized spacial score (nSPS) is 11.4. The molecule has 0 aliphatic carbocycles. The van der Waals surface area contributed by atoms with Crippen LogP contribution in [0.15, 0.2) is 48.7 Å². The second-order valence-corrected chi connectivity index (χ2v) is 5.93. The summed E-state index contributed by atoms with van der Waals surface area (Å²) in [4.78, 5) is 5.58. The van der Waals surface area contributed by atoms with Crippen LogP contribution in [0, 0.1) is 0 Å². The minimum absolute atomic E-state index is 0.0851. The van der Waals surface area contributed by atoms with Crippen LogP contribution in [0.5, 0.6) is 5.75 Å². The minimum atomic E-state index is 0.0851. The quantitative estimate of drug-likeness (QED) is 0.559. The van der Waals surface area contributed by atoms with E-state index in [0.29, 0.717) is 5.02 Å². The van der Waals surface area contributed by atoms with Crippen LogP contribution in [-0.4, -0.2) is 14.5 Å². The highest BCUT2D eigenvalue weighted by atomic mass is 35.5. The fraction of sp³-hybridized carbons (Fsp3) is 0. The summed E-state index contributed by atoms with van der Waals surface area (Å²) >= 11 is 7.60. The van der Waals surface area contributed by atoms with Crippen LogP contribution in [-0.2, 0) is 0 Å². The highest BCUT2D eigenvalue weighted by Gasteiger charge is 2.10. The molecule has 0 aliphatic rings. The van der Waals surface area contributed by atoms with Gasteiger partial charge in [-0.2, -0.15) is 0 Å². The lowest BCUT2D eigenvalue weighted by Gasteiger charge is -1.99. The van der Waals surface area contributed by atoms with E-state index in [4.69, 9.17) is 11.6 Å². The molecule has 98 valence electrons. The number of phenols is 1.